The third kappa shape index (κ3) is 5.02. The minimum Gasteiger partial charge on any atom is -0.367 e. The molecule has 2 heterocycles. The fraction of sp³-hybridized carbons (Fsp3) is 0.269. The number of carbonyl (C=O) groups excluding carboxylic acids is 1. The van der Waals surface area contributed by atoms with Gasteiger partial charge < -0.3 is 25.3 Å². The first-order chi connectivity index (χ1) is 16.7. The summed E-state index contributed by atoms with van der Waals surface area (Å²) in [5.74, 6) is 1.25. The number of fused-ring (bicyclic) bond motifs is 1. The molecule has 0 saturated heterocycles. The lowest BCUT2D eigenvalue weighted by Crippen LogP contribution is -2.30. The summed E-state index contributed by atoms with van der Waals surface area (Å²) < 4.78 is 5.58. The van der Waals surface area contributed by atoms with Gasteiger partial charge in [0.15, 0.2) is 0 Å². The second-order valence-corrected chi connectivity index (χ2v) is 8.51. The van der Waals surface area contributed by atoms with Crippen LogP contribution in [-0.4, -0.2) is 40.6 Å². The number of nitrogens with one attached hydrogen (secondary N) is 3. The van der Waals surface area contributed by atoms with Crippen LogP contribution in [0.2, 0.25) is 0 Å². The molecule has 2 aromatic heterocycles. The average Bonchev–Trinajstić information content (AvgIpc) is 3.31. The Balaban J connectivity index is 1.21. The number of hydrogen-bond acceptors (Lipinski definition) is 6. The number of aromatic nitrogens is 3. The van der Waals surface area contributed by atoms with Crippen LogP contribution in [0.4, 0.5) is 23.1 Å². The molecule has 1 amide bonds. The topological polar surface area (TPSA) is 95.2 Å². The van der Waals surface area contributed by atoms with Gasteiger partial charge in [0, 0.05) is 30.7 Å². The molecular formula is C26H28N6O2. The van der Waals surface area contributed by atoms with Gasteiger partial charge in [-0.2, -0.15) is 9.97 Å². The van der Waals surface area contributed by atoms with Crippen molar-refractivity contribution in [3.8, 4) is 0 Å². The van der Waals surface area contributed by atoms with Gasteiger partial charge in [-0.1, -0.05) is 30.3 Å². The summed E-state index contributed by atoms with van der Waals surface area (Å²) in [7, 11) is 1.75. The van der Waals surface area contributed by atoms with E-state index in [0.29, 0.717) is 18.6 Å². The maximum absolute atomic E-state index is 12.5. The SMILES string of the molecule is CN(C(=O)COCc1ccccc1)c1ccc(Nc2nc(NC3CCC3)c3cc[nH]c3n2)cc1. The van der Waals surface area contributed by atoms with Gasteiger partial charge in [-0.15, -0.1) is 0 Å². The van der Waals surface area contributed by atoms with Crippen molar-refractivity contribution in [2.24, 2.45) is 0 Å². The predicted molar refractivity (Wildman–Crippen MR) is 134 cm³/mol. The summed E-state index contributed by atoms with van der Waals surface area (Å²) in [5, 5.41) is 7.79. The number of benzene rings is 2. The standard InChI is InChI=1S/C26H28N6O2/c1-32(23(33)17-34-16-18-6-3-2-4-7-18)21-12-10-20(11-13-21)29-26-30-24-22(14-15-27-24)25(31-26)28-19-8-5-9-19/h2-4,6-7,10-15,19H,5,8-9,16-17H2,1H3,(H3,27,28,29,30,31). The van der Waals surface area contributed by atoms with Gasteiger partial charge in [-0.05, 0) is 55.2 Å². The van der Waals surface area contributed by atoms with Crippen LogP contribution in [-0.2, 0) is 16.1 Å². The van der Waals surface area contributed by atoms with Crippen LogP contribution in [0, 0.1) is 0 Å². The zero-order valence-electron chi connectivity index (χ0n) is 19.1. The molecule has 1 aliphatic rings. The summed E-state index contributed by atoms with van der Waals surface area (Å²) >= 11 is 0. The van der Waals surface area contributed by atoms with Gasteiger partial charge in [0.25, 0.3) is 5.91 Å². The van der Waals surface area contributed by atoms with Crippen molar-refractivity contribution in [2.75, 3.05) is 29.2 Å². The van der Waals surface area contributed by atoms with Crippen LogP contribution in [0.1, 0.15) is 24.8 Å². The summed E-state index contributed by atoms with van der Waals surface area (Å²) in [5.41, 5.74) is 3.45. The molecule has 1 aliphatic carbocycles. The first-order valence-electron chi connectivity index (χ1n) is 11.5. The molecule has 5 rings (SSSR count). The van der Waals surface area contributed by atoms with Crippen LogP contribution < -0.4 is 15.5 Å². The Labute approximate surface area is 198 Å². The Kier molecular flexibility index (Phi) is 6.40. The number of ether oxygens (including phenoxy) is 1. The smallest absolute Gasteiger partial charge is 0.252 e. The zero-order valence-corrected chi connectivity index (χ0v) is 19.1. The van der Waals surface area contributed by atoms with Gasteiger partial charge in [0.1, 0.15) is 18.1 Å². The number of nitrogens with zero attached hydrogens (tertiary/aromatic N) is 3. The molecule has 0 aliphatic heterocycles. The number of likely N-dealkylation sites (N-methyl/N-ethyl adjacent to an activating group) is 1. The zero-order chi connectivity index (χ0) is 23.3. The summed E-state index contributed by atoms with van der Waals surface area (Å²) in [6, 6.07) is 19.9. The summed E-state index contributed by atoms with van der Waals surface area (Å²) in [6.07, 6.45) is 5.47. The fourth-order valence-corrected chi connectivity index (χ4v) is 3.82. The molecule has 2 aromatic carbocycles. The lowest BCUT2D eigenvalue weighted by atomic mass is 9.93. The van der Waals surface area contributed by atoms with E-state index < -0.39 is 0 Å². The highest BCUT2D eigenvalue weighted by molar-refractivity contribution is 5.94. The Morgan fingerprint density at radius 1 is 1.09 bits per heavy atom. The number of H-pyrrole nitrogens is 1. The first kappa shape index (κ1) is 21.9. The maximum atomic E-state index is 12.5. The van der Waals surface area contributed by atoms with E-state index in [4.69, 9.17) is 9.72 Å². The van der Waals surface area contributed by atoms with E-state index in [9.17, 15) is 4.79 Å². The molecule has 8 heteroatoms. The molecule has 0 spiro atoms. The number of hydrogen-bond donors (Lipinski definition) is 3. The maximum Gasteiger partial charge on any atom is 0.252 e. The van der Waals surface area contributed by atoms with Crippen LogP contribution in [0.3, 0.4) is 0 Å². The van der Waals surface area contributed by atoms with E-state index in [2.05, 4.69) is 20.6 Å². The van der Waals surface area contributed by atoms with Crippen molar-refractivity contribution in [3.05, 3.63) is 72.4 Å². The molecule has 0 unspecified atom stereocenters. The Bertz CT molecular complexity index is 1250. The van der Waals surface area contributed by atoms with Gasteiger partial charge in [0.05, 0.1) is 12.0 Å². The molecule has 3 N–H and O–H groups in total. The molecular weight excluding hydrogens is 428 g/mol. The minimum atomic E-state index is -0.108. The van der Waals surface area contributed by atoms with E-state index in [1.165, 1.54) is 19.3 Å². The molecule has 174 valence electrons. The van der Waals surface area contributed by atoms with Crippen LogP contribution in [0.15, 0.2) is 66.9 Å². The van der Waals surface area contributed by atoms with E-state index in [1.54, 1.807) is 11.9 Å². The van der Waals surface area contributed by atoms with Crippen LogP contribution in [0.5, 0.6) is 0 Å². The highest BCUT2D eigenvalue weighted by Crippen LogP contribution is 2.28. The molecule has 1 saturated carbocycles. The number of aromatic amines is 1. The second kappa shape index (κ2) is 9.93. The van der Waals surface area contributed by atoms with Gasteiger partial charge in [-0.3, -0.25) is 4.79 Å². The van der Waals surface area contributed by atoms with Gasteiger partial charge in [0.2, 0.25) is 5.95 Å². The van der Waals surface area contributed by atoms with E-state index in [1.807, 2.05) is 66.9 Å². The van der Waals surface area contributed by atoms with E-state index in [-0.39, 0.29) is 12.5 Å². The molecule has 0 radical (unpaired) electrons. The summed E-state index contributed by atoms with van der Waals surface area (Å²) in [4.78, 5) is 26.6. The average molecular weight is 457 g/mol. The molecule has 0 bridgehead atoms. The van der Waals surface area contributed by atoms with Crippen LogP contribution >= 0.6 is 0 Å². The molecule has 34 heavy (non-hydrogen) atoms. The number of rotatable bonds is 9. The number of amides is 1. The fourth-order valence-electron chi connectivity index (χ4n) is 3.82. The van der Waals surface area contributed by atoms with Crippen molar-refractivity contribution in [2.45, 2.75) is 31.9 Å². The highest BCUT2D eigenvalue weighted by Gasteiger charge is 2.19. The largest absolute Gasteiger partial charge is 0.367 e. The van der Waals surface area contributed by atoms with Crippen molar-refractivity contribution in [1.29, 1.82) is 0 Å². The van der Waals surface area contributed by atoms with E-state index >= 15 is 0 Å². The monoisotopic (exact) mass is 456 g/mol. The Morgan fingerprint density at radius 3 is 2.62 bits per heavy atom. The third-order valence-corrected chi connectivity index (χ3v) is 6.08. The lowest BCUT2D eigenvalue weighted by Gasteiger charge is -2.27. The van der Waals surface area contributed by atoms with Gasteiger partial charge in [-0.25, -0.2) is 0 Å². The third-order valence-electron chi connectivity index (χ3n) is 6.08. The highest BCUT2D eigenvalue weighted by atomic mass is 16.5. The Hall–Kier alpha value is -3.91. The minimum absolute atomic E-state index is 0.0200. The molecule has 4 aromatic rings. The molecule has 1 fully saturated rings. The number of carbonyl (C=O) groups is 1. The number of anilines is 4. The predicted octanol–water partition coefficient (Wildman–Crippen LogP) is 4.85. The molecule has 8 nitrogen and oxygen atoms in total. The summed E-state index contributed by atoms with van der Waals surface area (Å²) in [6.45, 7) is 0.429. The lowest BCUT2D eigenvalue weighted by molar-refractivity contribution is -0.123. The van der Waals surface area contributed by atoms with Crippen LogP contribution in [0.25, 0.3) is 11.0 Å². The van der Waals surface area contributed by atoms with Gasteiger partial charge >= 0.3 is 0 Å². The first-order valence-corrected chi connectivity index (χ1v) is 11.5. The second-order valence-electron chi connectivity index (χ2n) is 8.51. The quantitative estimate of drug-likeness (QED) is 0.333. The molecule has 0 atom stereocenters. The Morgan fingerprint density at radius 2 is 1.88 bits per heavy atom. The van der Waals surface area contributed by atoms with Crippen molar-refractivity contribution in [3.63, 3.8) is 0 Å². The van der Waals surface area contributed by atoms with Crippen molar-refractivity contribution >= 4 is 40.1 Å². The van der Waals surface area contributed by atoms with Crippen molar-refractivity contribution < 1.29 is 9.53 Å². The van der Waals surface area contributed by atoms with Crippen molar-refractivity contribution in [1.82, 2.24) is 15.0 Å². The van der Waals surface area contributed by atoms with E-state index in [0.717, 1.165) is 33.8 Å². The normalized spacial score (nSPS) is 13.4.